The summed E-state index contributed by atoms with van der Waals surface area (Å²) in [7, 11) is 1.68. The lowest BCUT2D eigenvalue weighted by atomic mass is 9.82. The van der Waals surface area contributed by atoms with Crippen molar-refractivity contribution in [2.24, 2.45) is 5.41 Å². The van der Waals surface area contributed by atoms with Crippen molar-refractivity contribution in [1.82, 2.24) is 10.2 Å². The summed E-state index contributed by atoms with van der Waals surface area (Å²) >= 11 is 0. The Morgan fingerprint density at radius 2 is 1.75 bits per heavy atom. The largest absolute Gasteiger partial charge is 0.481 e. The summed E-state index contributed by atoms with van der Waals surface area (Å²) in [6, 6.07) is -0.227. The van der Waals surface area contributed by atoms with Crippen molar-refractivity contribution in [1.29, 1.82) is 0 Å². The maximum Gasteiger partial charge on any atom is 0.317 e. The molecule has 0 aromatic carbocycles. The third-order valence-corrected chi connectivity index (χ3v) is 3.21. The number of carbonyl (C=O) groups is 2. The number of nitrogens with zero attached hydrogens (tertiary/aromatic N) is 1. The van der Waals surface area contributed by atoms with Crippen molar-refractivity contribution in [3.05, 3.63) is 0 Å². The molecule has 0 fully saturated rings. The first-order chi connectivity index (χ1) is 7.43. The van der Waals surface area contributed by atoms with E-state index in [1.54, 1.807) is 7.05 Å². The van der Waals surface area contributed by atoms with Gasteiger partial charge in [0.1, 0.15) is 0 Å². The van der Waals surface area contributed by atoms with Crippen LogP contribution in [0.3, 0.4) is 0 Å². The topological polar surface area (TPSA) is 69.6 Å². The number of amides is 2. The van der Waals surface area contributed by atoms with Gasteiger partial charge in [0.25, 0.3) is 0 Å². The fraction of sp³-hybridized carbons (Fsp3) is 0.818. The monoisotopic (exact) mass is 230 g/mol. The van der Waals surface area contributed by atoms with Gasteiger partial charge in [0.05, 0.1) is 5.41 Å². The van der Waals surface area contributed by atoms with Gasteiger partial charge in [0.15, 0.2) is 0 Å². The third kappa shape index (κ3) is 3.40. The maximum absolute atomic E-state index is 11.5. The highest BCUT2D eigenvalue weighted by atomic mass is 16.4. The Morgan fingerprint density at radius 3 is 2.06 bits per heavy atom. The second kappa shape index (κ2) is 6.35. The Morgan fingerprint density at radius 1 is 1.25 bits per heavy atom. The number of aliphatic carboxylic acids is 1. The Hall–Kier alpha value is -1.26. The fourth-order valence-corrected chi connectivity index (χ4v) is 1.40. The molecule has 0 aliphatic heterocycles. The van der Waals surface area contributed by atoms with Gasteiger partial charge in [-0.15, -0.1) is 0 Å². The Kier molecular flexibility index (Phi) is 5.85. The second-order valence-electron chi connectivity index (χ2n) is 3.97. The average molecular weight is 230 g/mol. The predicted octanol–water partition coefficient (Wildman–Crippen LogP) is 1.54. The van der Waals surface area contributed by atoms with Crippen LogP contribution in [-0.2, 0) is 4.79 Å². The Labute approximate surface area is 96.8 Å². The zero-order chi connectivity index (χ0) is 12.8. The molecule has 0 bridgehead atoms. The lowest BCUT2D eigenvalue weighted by Gasteiger charge is -2.28. The fourth-order valence-electron chi connectivity index (χ4n) is 1.40. The van der Waals surface area contributed by atoms with E-state index in [0.717, 1.165) is 0 Å². The minimum Gasteiger partial charge on any atom is -0.481 e. The lowest BCUT2D eigenvalue weighted by Crippen LogP contribution is -2.46. The van der Waals surface area contributed by atoms with E-state index in [-0.39, 0.29) is 12.6 Å². The van der Waals surface area contributed by atoms with Crippen LogP contribution in [0.15, 0.2) is 0 Å². The van der Waals surface area contributed by atoms with Crippen LogP contribution >= 0.6 is 0 Å². The van der Waals surface area contributed by atoms with Crippen LogP contribution in [0.25, 0.3) is 0 Å². The molecule has 0 saturated heterocycles. The van der Waals surface area contributed by atoms with Crippen LogP contribution in [0.4, 0.5) is 4.79 Å². The van der Waals surface area contributed by atoms with E-state index in [2.05, 4.69) is 5.32 Å². The molecule has 94 valence electrons. The molecule has 2 amide bonds. The van der Waals surface area contributed by atoms with E-state index in [4.69, 9.17) is 5.11 Å². The Bertz CT molecular complexity index is 250. The van der Waals surface area contributed by atoms with E-state index in [9.17, 15) is 9.59 Å². The molecule has 0 heterocycles. The van der Waals surface area contributed by atoms with Crippen LogP contribution in [0.2, 0.25) is 0 Å². The first kappa shape index (κ1) is 14.7. The Balaban J connectivity index is 4.44. The molecule has 0 aliphatic carbocycles. The molecule has 16 heavy (non-hydrogen) atoms. The van der Waals surface area contributed by atoms with Crippen LogP contribution < -0.4 is 5.32 Å². The molecule has 0 atom stereocenters. The first-order valence-electron chi connectivity index (χ1n) is 5.65. The molecule has 0 aromatic heterocycles. The third-order valence-electron chi connectivity index (χ3n) is 3.21. The number of carboxylic acids is 1. The van der Waals surface area contributed by atoms with Gasteiger partial charge in [-0.1, -0.05) is 13.8 Å². The maximum atomic E-state index is 11.5. The molecule has 5 heteroatoms. The minimum atomic E-state index is -0.850. The summed E-state index contributed by atoms with van der Waals surface area (Å²) in [6.07, 6.45) is 1.02. The number of carboxylic acid groups (broad SMARTS) is 1. The van der Waals surface area contributed by atoms with E-state index < -0.39 is 11.4 Å². The van der Waals surface area contributed by atoms with Crippen molar-refractivity contribution in [2.75, 3.05) is 20.1 Å². The molecule has 0 radical (unpaired) electrons. The number of rotatable bonds is 6. The molecular weight excluding hydrogens is 208 g/mol. The van der Waals surface area contributed by atoms with E-state index in [1.807, 2.05) is 20.8 Å². The van der Waals surface area contributed by atoms with Crippen molar-refractivity contribution in [3.63, 3.8) is 0 Å². The van der Waals surface area contributed by atoms with Gasteiger partial charge in [-0.25, -0.2) is 4.79 Å². The minimum absolute atomic E-state index is 0.179. The van der Waals surface area contributed by atoms with Crippen molar-refractivity contribution in [3.8, 4) is 0 Å². The molecule has 5 nitrogen and oxygen atoms in total. The lowest BCUT2D eigenvalue weighted by molar-refractivity contribution is -0.149. The van der Waals surface area contributed by atoms with Crippen molar-refractivity contribution < 1.29 is 14.7 Å². The number of urea groups is 1. The van der Waals surface area contributed by atoms with Crippen LogP contribution in [0.1, 0.15) is 33.6 Å². The molecule has 0 aliphatic rings. The van der Waals surface area contributed by atoms with Gasteiger partial charge in [-0.3, -0.25) is 4.79 Å². The number of hydrogen-bond acceptors (Lipinski definition) is 2. The molecule has 0 aromatic rings. The summed E-state index contributed by atoms with van der Waals surface area (Å²) < 4.78 is 0. The number of nitrogens with one attached hydrogen (secondary N) is 1. The highest BCUT2D eigenvalue weighted by Crippen LogP contribution is 2.25. The smallest absolute Gasteiger partial charge is 0.317 e. The van der Waals surface area contributed by atoms with E-state index in [0.29, 0.717) is 19.4 Å². The van der Waals surface area contributed by atoms with Crippen LogP contribution in [0, 0.1) is 5.41 Å². The summed E-state index contributed by atoms with van der Waals surface area (Å²) in [4.78, 5) is 24.2. The van der Waals surface area contributed by atoms with Crippen LogP contribution in [0.5, 0.6) is 0 Å². The zero-order valence-corrected chi connectivity index (χ0v) is 10.5. The normalized spacial score (nSPS) is 11.0. The van der Waals surface area contributed by atoms with Gasteiger partial charge >= 0.3 is 12.0 Å². The molecule has 2 N–H and O–H groups in total. The highest BCUT2D eigenvalue weighted by molar-refractivity contribution is 5.78. The molecule has 0 saturated carbocycles. The van der Waals surface area contributed by atoms with Crippen LogP contribution in [-0.4, -0.2) is 42.1 Å². The predicted molar refractivity (Wildman–Crippen MR) is 62.4 cm³/mol. The average Bonchev–Trinajstić information content (AvgIpc) is 2.29. The van der Waals surface area contributed by atoms with Gasteiger partial charge in [0.2, 0.25) is 0 Å². The molecule has 0 spiro atoms. The number of carbonyl (C=O) groups excluding carboxylic acids is 1. The summed E-state index contributed by atoms with van der Waals surface area (Å²) in [6.45, 7) is 6.30. The molecule has 0 unspecified atom stereocenters. The standard InChI is InChI=1S/C11H22N2O3/c1-5-11(6-2,9(14)15)8-12-10(16)13(4)7-3/h5-8H2,1-4H3,(H,12,16)(H,14,15). The van der Waals surface area contributed by atoms with Gasteiger partial charge in [-0.2, -0.15) is 0 Å². The summed E-state index contributed by atoms with van der Waals surface area (Å²) in [5.41, 5.74) is -0.843. The van der Waals surface area contributed by atoms with E-state index in [1.165, 1.54) is 4.90 Å². The van der Waals surface area contributed by atoms with Gasteiger partial charge < -0.3 is 15.3 Å². The quantitative estimate of drug-likeness (QED) is 0.727. The summed E-state index contributed by atoms with van der Waals surface area (Å²) in [5, 5.41) is 11.8. The highest BCUT2D eigenvalue weighted by Gasteiger charge is 2.35. The first-order valence-corrected chi connectivity index (χ1v) is 5.65. The molecular formula is C11H22N2O3. The zero-order valence-electron chi connectivity index (χ0n) is 10.5. The van der Waals surface area contributed by atoms with Crippen molar-refractivity contribution in [2.45, 2.75) is 33.6 Å². The van der Waals surface area contributed by atoms with Gasteiger partial charge in [-0.05, 0) is 19.8 Å². The van der Waals surface area contributed by atoms with Crippen molar-refractivity contribution >= 4 is 12.0 Å². The van der Waals surface area contributed by atoms with E-state index >= 15 is 0 Å². The molecule has 0 rings (SSSR count). The number of hydrogen-bond donors (Lipinski definition) is 2. The summed E-state index contributed by atoms with van der Waals surface area (Å²) in [5.74, 6) is -0.850. The SMILES string of the molecule is CCN(C)C(=O)NCC(CC)(CC)C(=O)O. The van der Waals surface area contributed by atoms with Gasteiger partial charge in [0, 0.05) is 20.1 Å². The second-order valence-corrected chi connectivity index (χ2v) is 3.97.